The zero-order chi connectivity index (χ0) is 15.8. The number of anilines is 1. The SMILES string of the molecule is Cc1cc(Cl)c(NS(=O)(=O)c2cc(C)c(CO)s2)cc1Cl. The Morgan fingerprint density at radius 1 is 1.14 bits per heavy atom. The van der Waals surface area contributed by atoms with Gasteiger partial charge in [-0.15, -0.1) is 11.3 Å². The summed E-state index contributed by atoms with van der Waals surface area (Å²) in [6.07, 6.45) is 0. The Morgan fingerprint density at radius 2 is 1.81 bits per heavy atom. The molecule has 0 atom stereocenters. The van der Waals surface area contributed by atoms with Crippen LogP contribution in [0.5, 0.6) is 0 Å². The van der Waals surface area contributed by atoms with Crippen LogP contribution < -0.4 is 4.72 Å². The van der Waals surface area contributed by atoms with Crippen LogP contribution in [0.2, 0.25) is 10.0 Å². The van der Waals surface area contributed by atoms with E-state index in [-0.39, 0.29) is 21.5 Å². The highest BCUT2D eigenvalue weighted by Crippen LogP contribution is 2.32. The predicted octanol–water partition coefficient (Wildman–Crippen LogP) is 3.96. The van der Waals surface area contributed by atoms with Crippen molar-refractivity contribution >= 4 is 50.2 Å². The smallest absolute Gasteiger partial charge is 0.271 e. The van der Waals surface area contributed by atoms with Gasteiger partial charge < -0.3 is 5.11 Å². The summed E-state index contributed by atoms with van der Waals surface area (Å²) in [7, 11) is -3.76. The minimum absolute atomic E-state index is 0.122. The fourth-order valence-electron chi connectivity index (χ4n) is 1.70. The number of sulfonamides is 1. The molecule has 0 aliphatic rings. The summed E-state index contributed by atoms with van der Waals surface area (Å²) < 4.78 is 27.2. The number of aliphatic hydroxyl groups is 1. The number of hydrogen-bond acceptors (Lipinski definition) is 4. The molecule has 2 rings (SSSR count). The van der Waals surface area contributed by atoms with Crippen LogP contribution in [0.25, 0.3) is 0 Å². The number of hydrogen-bond donors (Lipinski definition) is 2. The molecule has 0 saturated heterocycles. The maximum absolute atomic E-state index is 12.3. The minimum atomic E-state index is -3.76. The van der Waals surface area contributed by atoms with E-state index < -0.39 is 10.0 Å². The molecule has 0 aliphatic heterocycles. The molecular weight excluding hydrogens is 353 g/mol. The second-order valence-corrected chi connectivity index (χ2v) is 8.38. The second kappa shape index (κ2) is 6.14. The molecule has 1 aromatic carbocycles. The number of thiophene rings is 1. The van der Waals surface area contributed by atoms with E-state index >= 15 is 0 Å². The molecule has 0 unspecified atom stereocenters. The third-order valence-electron chi connectivity index (χ3n) is 2.90. The third-order valence-corrected chi connectivity index (χ3v) is 6.68. The second-order valence-electron chi connectivity index (χ2n) is 4.52. The van der Waals surface area contributed by atoms with E-state index in [0.29, 0.717) is 9.90 Å². The van der Waals surface area contributed by atoms with E-state index in [1.165, 1.54) is 12.1 Å². The van der Waals surface area contributed by atoms with E-state index in [9.17, 15) is 8.42 Å². The van der Waals surface area contributed by atoms with E-state index in [0.717, 1.165) is 22.5 Å². The minimum Gasteiger partial charge on any atom is -0.391 e. The first kappa shape index (κ1) is 16.6. The summed E-state index contributed by atoms with van der Waals surface area (Å²) in [5.41, 5.74) is 1.72. The van der Waals surface area contributed by atoms with Crippen molar-refractivity contribution in [2.24, 2.45) is 0 Å². The topological polar surface area (TPSA) is 66.4 Å². The fraction of sp³-hybridized carbons (Fsp3) is 0.231. The summed E-state index contributed by atoms with van der Waals surface area (Å²) in [5.74, 6) is 0. The van der Waals surface area contributed by atoms with Gasteiger partial charge in [0.25, 0.3) is 10.0 Å². The molecule has 0 spiro atoms. The summed E-state index contributed by atoms with van der Waals surface area (Å²) in [6.45, 7) is 3.34. The van der Waals surface area contributed by atoms with E-state index in [1.807, 2.05) is 0 Å². The maximum Gasteiger partial charge on any atom is 0.271 e. The van der Waals surface area contributed by atoms with Crippen molar-refractivity contribution in [3.63, 3.8) is 0 Å². The van der Waals surface area contributed by atoms with Gasteiger partial charge in [0, 0.05) is 9.90 Å². The molecule has 2 N–H and O–H groups in total. The van der Waals surface area contributed by atoms with Crippen molar-refractivity contribution in [1.29, 1.82) is 0 Å². The lowest BCUT2D eigenvalue weighted by atomic mass is 10.2. The van der Waals surface area contributed by atoms with E-state index in [1.54, 1.807) is 19.9 Å². The standard InChI is InChI=1S/C13H13Cl2NO3S2/c1-7-3-10(15)11(5-9(7)14)16-21(18,19)13-4-8(2)12(6-17)20-13/h3-5,16-17H,6H2,1-2H3. The highest BCUT2D eigenvalue weighted by molar-refractivity contribution is 7.94. The molecular formula is C13H13Cl2NO3S2. The Hall–Kier alpha value is -0.790. The molecule has 0 fully saturated rings. The van der Waals surface area contributed by atoms with Crippen LogP contribution >= 0.6 is 34.5 Å². The predicted molar refractivity (Wildman–Crippen MR) is 87.0 cm³/mol. The zero-order valence-corrected chi connectivity index (χ0v) is 14.4. The average molecular weight is 366 g/mol. The van der Waals surface area contributed by atoms with Crippen LogP contribution in [0.15, 0.2) is 22.4 Å². The Balaban J connectivity index is 2.39. The van der Waals surface area contributed by atoms with Gasteiger partial charge >= 0.3 is 0 Å². The molecule has 4 nitrogen and oxygen atoms in total. The molecule has 114 valence electrons. The number of rotatable bonds is 4. The first-order chi connectivity index (χ1) is 9.74. The van der Waals surface area contributed by atoms with Gasteiger partial charge in [-0.3, -0.25) is 4.72 Å². The summed E-state index contributed by atoms with van der Waals surface area (Å²) in [4.78, 5) is 0.614. The van der Waals surface area contributed by atoms with Crippen molar-refractivity contribution in [2.75, 3.05) is 4.72 Å². The highest BCUT2D eigenvalue weighted by Gasteiger charge is 2.20. The van der Waals surface area contributed by atoms with Crippen molar-refractivity contribution < 1.29 is 13.5 Å². The lowest BCUT2D eigenvalue weighted by Crippen LogP contribution is -2.12. The molecule has 2 aromatic rings. The largest absolute Gasteiger partial charge is 0.391 e. The number of benzene rings is 1. The van der Waals surface area contributed by atoms with Gasteiger partial charge in [-0.1, -0.05) is 23.2 Å². The van der Waals surface area contributed by atoms with Crippen LogP contribution in [-0.2, 0) is 16.6 Å². The fourth-order valence-corrected chi connectivity index (χ4v) is 4.70. The molecule has 0 aliphatic carbocycles. The molecule has 0 radical (unpaired) electrons. The molecule has 1 aromatic heterocycles. The van der Waals surface area contributed by atoms with E-state index in [2.05, 4.69) is 4.72 Å². The first-order valence-electron chi connectivity index (χ1n) is 5.93. The van der Waals surface area contributed by atoms with Crippen LogP contribution in [0.4, 0.5) is 5.69 Å². The molecule has 0 bridgehead atoms. The monoisotopic (exact) mass is 365 g/mol. The first-order valence-corrected chi connectivity index (χ1v) is 8.99. The van der Waals surface area contributed by atoms with E-state index in [4.69, 9.17) is 28.3 Å². The van der Waals surface area contributed by atoms with Gasteiger partial charge in [0.15, 0.2) is 0 Å². The van der Waals surface area contributed by atoms with Crippen LogP contribution in [0.3, 0.4) is 0 Å². The van der Waals surface area contributed by atoms with Gasteiger partial charge in [0.05, 0.1) is 17.3 Å². The van der Waals surface area contributed by atoms with Crippen molar-refractivity contribution in [1.82, 2.24) is 0 Å². The van der Waals surface area contributed by atoms with Crippen molar-refractivity contribution in [3.8, 4) is 0 Å². The van der Waals surface area contributed by atoms with Gasteiger partial charge in [0.2, 0.25) is 0 Å². The van der Waals surface area contributed by atoms with Crippen LogP contribution in [0, 0.1) is 13.8 Å². The molecule has 1 heterocycles. The summed E-state index contributed by atoms with van der Waals surface area (Å²) in [6, 6.07) is 4.59. The normalized spacial score (nSPS) is 11.7. The van der Waals surface area contributed by atoms with Crippen molar-refractivity contribution in [3.05, 3.63) is 44.2 Å². The lowest BCUT2D eigenvalue weighted by Gasteiger charge is -2.10. The average Bonchev–Trinajstić information content (AvgIpc) is 2.78. The van der Waals surface area contributed by atoms with Crippen LogP contribution in [0.1, 0.15) is 16.0 Å². The number of nitrogens with one attached hydrogen (secondary N) is 1. The Bertz CT molecular complexity index is 785. The highest BCUT2D eigenvalue weighted by atomic mass is 35.5. The zero-order valence-electron chi connectivity index (χ0n) is 11.3. The quantitative estimate of drug-likeness (QED) is 0.861. The molecule has 21 heavy (non-hydrogen) atoms. The van der Waals surface area contributed by atoms with Gasteiger partial charge in [0.1, 0.15) is 4.21 Å². The number of aryl methyl sites for hydroxylation is 2. The third kappa shape index (κ3) is 3.52. The van der Waals surface area contributed by atoms with Gasteiger partial charge in [-0.25, -0.2) is 8.42 Å². The maximum atomic E-state index is 12.3. The Morgan fingerprint density at radius 3 is 2.38 bits per heavy atom. The van der Waals surface area contributed by atoms with Crippen LogP contribution in [-0.4, -0.2) is 13.5 Å². The van der Waals surface area contributed by atoms with Crippen molar-refractivity contribution in [2.45, 2.75) is 24.7 Å². The number of halogens is 2. The van der Waals surface area contributed by atoms with Gasteiger partial charge in [-0.2, -0.15) is 0 Å². The Kier molecular flexibility index (Phi) is 4.85. The molecule has 0 saturated carbocycles. The molecule has 0 amide bonds. The lowest BCUT2D eigenvalue weighted by molar-refractivity contribution is 0.285. The molecule has 8 heteroatoms. The van der Waals surface area contributed by atoms with Gasteiger partial charge in [-0.05, 0) is 43.2 Å². The number of aliphatic hydroxyl groups excluding tert-OH is 1. The summed E-state index contributed by atoms with van der Waals surface area (Å²) >= 11 is 13.0. The summed E-state index contributed by atoms with van der Waals surface area (Å²) in [5, 5.41) is 9.86. The Labute approximate surface area is 137 Å².